The minimum Gasteiger partial charge on any atom is -0.507 e. The standard InChI is InChI=1S/C17H12F2N2O/c18-14-8-13(9-15(19)10-14)16-5-3-4-12(17(16)22)11-20-21-6-1-2-7-21/h1-11,22H. The van der Waals surface area contributed by atoms with Crippen molar-refractivity contribution in [3.8, 4) is 16.9 Å². The Morgan fingerprint density at radius 1 is 0.955 bits per heavy atom. The maximum Gasteiger partial charge on any atom is 0.132 e. The molecule has 3 rings (SSSR count). The van der Waals surface area contributed by atoms with Gasteiger partial charge in [0.25, 0.3) is 0 Å². The zero-order valence-corrected chi connectivity index (χ0v) is 11.4. The van der Waals surface area contributed by atoms with Crippen LogP contribution in [0.3, 0.4) is 0 Å². The average Bonchev–Trinajstić information content (AvgIpc) is 2.98. The molecule has 1 aromatic heterocycles. The van der Waals surface area contributed by atoms with Crippen LogP contribution >= 0.6 is 0 Å². The molecule has 3 aromatic rings. The van der Waals surface area contributed by atoms with Gasteiger partial charge in [-0.25, -0.2) is 13.5 Å². The lowest BCUT2D eigenvalue weighted by Crippen LogP contribution is -1.91. The smallest absolute Gasteiger partial charge is 0.132 e. The summed E-state index contributed by atoms with van der Waals surface area (Å²) in [5.41, 5.74) is 1.07. The van der Waals surface area contributed by atoms with Gasteiger partial charge >= 0.3 is 0 Å². The highest BCUT2D eigenvalue weighted by Gasteiger charge is 2.10. The molecule has 0 atom stereocenters. The van der Waals surface area contributed by atoms with Crippen LogP contribution in [0.2, 0.25) is 0 Å². The first-order valence-corrected chi connectivity index (χ1v) is 6.59. The zero-order chi connectivity index (χ0) is 15.5. The molecule has 1 N–H and O–H groups in total. The van der Waals surface area contributed by atoms with Crippen molar-refractivity contribution in [3.05, 3.63) is 78.1 Å². The number of aromatic nitrogens is 1. The van der Waals surface area contributed by atoms with Gasteiger partial charge in [0.1, 0.15) is 17.4 Å². The number of hydrogen-bond donors (Lipinski definition) is 1. The van der Waals surface area contributed by atoms with Crippen LogP contribution in [0.25, 0.3) is 11.1 Å². The summed E-state index contributed by atoms with van der Waals surface area (Å²) < 4.78 is 28.2. The number of phenols is 1. The molecule has 110 valence electrons. The number of nitrogens with zero attached hydrogens (tertiary/aromatic N) is 2. The van der Waals surface area contributed by atoms with Crippen LogP contribution in [0.1, 0.15) is 5.56 Å². The van der Waals surface area contributed by atoms with E-state index in [0.29, 0.717) is 11.1 Å². The number of halogens is 2. The number of aromatic hydroxyl groups is 1. The van der Waals surface area contributed by atoms with Crippen molar-refractivity contribution in [1.82, 2.24) is 4.68 Å². The van der Waals surface area contributed by atoms with Crippen molar-refractivity contribution in [3.63, 3.8) is 0 Å². The van der Waals surface area contributed by atoms with E-state index in [1.165, 1.54) is 18.3 Å². The summed E-state index contributed by atoms with van der Waals surface area (Å²) in [6, 6.07) is 11.7. The van der Waals surface area contributed by atoms with Crippen molar-refractivity contribution in [2.24, 2.45) is 5.10 Å². The van der Waals surface area contributed by atoms with E-state index in [9.17, 15) is 13.9 Å². The number of phenolic OH excluding ortho intramolecular Hbond substituents is 1. The molecule has 0 unspecified atom stereocenters. The first-order valence-electron chi connectivity index (χ1n) is 6.59. The summed E-state index contributed by atoms with van der Waals surface area (Å²) in [5, 5.41) is 14.5. The lowest BCUT2D eigenvalue weighted by Gasteiger charge is -2.08. The van der Waals surface area contributed by atoms with Crippen molar-refractivity contribution in [2.75, 3.05) is 0 Å². The Kier molecular flexibility index (Phi) is 3.70. The highest BCUT2D eigenvalue weighted by atomic mass is 19.1. The van der Waals surface area contributed by atoms with E-state index >= 15 is 0 Å². The first kappa shape index (κ1) is 14.0. The molecule has 1 heterocycles. The van der Waals surface area contributed by atoms with Gasteiger partial charge in [-0.15, -0.1) is 0 Å². The predicted molar refractivity (Wildman–Crippen MR) is 80.9 cm³/mol. The molecule has 0 aliphatic carbocycles. The van der Waals surface area contributed by atoms with Crippen LogP contribution in [0.4, 0.5) is 8.78 Å². The summed E-state index contributed by atoms with van der Waals surface area (Å²) in [6.07, 6.45) is 4.98. The normalized spacial score (nSPS) is 11.2. The molecule has 0 radical (unpaired) electrons. The summed E-state index contributed by atoms with van der Waals surface area (Å²) >= 11 is 0. The van der Waals surface area contributed by atoms with Gasteiger partial charge < -0.3 is 5.11 Å². The molecule has 0 spiro atoms. The number of benzene rings is 2. The molecule has 0 amide bonds. The second-order valence-corrected chi connectivity index (χ2v) is 4.71. The molecule has 0 saturated heterocycles. The van der Waals surface area contributed by atoms with E-state index < -0.39 is 11.6 Å². The van der Waals surface area contributed by atoms with Crippen LogP contribution in [0, 0.1) is 11.6 Å². The topological polar surface area (TPSA) is 37.5 Å². The number of para-hydroxylation sites is 1. The minimum absolute atomic E-state index is 0.0802. The quantitative estimate of drug-likeness (QED) is 0.729. The maximum atomic E-state index is 13.3. The van der Waals surface area contributed by atoms with Gasteiger partial charge in [0, 0.05) is 29.6 Å². The van der Waals surface area contributed by atoms with Gasteiger partial charge in [-0.3, -0.25) is 0 Å². The zero-order valence-electron chi connectivity index (χ0n) is 11.4. The predicted octanol–water partition coefficient (Wildman–Crippen LogP) is 4.02. The third-order valence-corrected chi connectivity index (χ3v) is 3.16. The van der Waals surface area contributed by atoms with E-state index in [2.05, 4.69) is 5.10 Å². The van der Waals surface area contributed by atoms with Gasteiger partial charge in [-0.05, 0) is 35.9 Å². The van der Waals surface area contributed by atoms with Gasteiger partial charge in [-0.2, -0.15) is 5.10 Å². The van der Waals surface area contributed by atoms with Crippen LogP contribution in [0.5, 0.6) is 5.75 Å². The molecule has 0 bridgehead atoms. The monoisotopic (exact) mass is 298 g/mol. The fraction of sp³-hybridized carbons (Fsp3) is 0. The summed E-state index contributed by atoms with van der Waals surface area (Å²) in [5.74, 6) is -1.47. The summed E-state index contributed by atoms with van der Waals surface area (Å²) in [6.45, 7) is 0. The molecule has 5 heteroatoms. The van der Waals surface area contributed by atoms with E-state index in [0.717, 1.165) is 6.07 Å². The van der Waals surface area contributed by atoms with Crippen molar-refractivity contribution in [2.45, 2.75) is 0 Å². The lowest BCUT2D eigenvalue weighted by atomic mass is 10.0. The molecule has 22 heavy (non-hydrogen) atoms. The van der Waals surface area contributed by atoms with Gasteiger partial charge in [-0.1, -0.05) is 12.1 Å². The van der Waals surface area contributed by atoms with Crippen molar-refractivity contribution >= 4 is 6.21 Å². The van der Waals surface area contributed by atoms with Crippen LogP contribution in [-0.2, 0) is 0 Å². The Hall–Kier alpha value is -2.95. The molecule has 2 aromatic carbocycles. The van der Waals surface area contributed by atoms with Crippen molar-refractivity contribution in [1.29, 1.82) is 0 Å². The minimum atomic E-state index is -0.694. The van der Waals surface area contributed by atoms with E-state index in [1.807, 2.05) is 12.1 Å². The largest absolute Gasteiger partial charge is 0.507 e. The molecule has 3 nitrogen and oxygen atoms in total. The highest BCUT2D eigenvalue weighted by Crippen LogP contribution is 2.32. The van der Waals surface area contributed by atoms with Crippen LogP contribution in [0.15, 0.2) is 66.0 Å². The molecule has 0 aliphatic rings. The van der Waals surface area contributed by atoms with Crippen molar-refractivity contribution < 1.29 is 13.9 Å². The number of hydrogen-bond acceptors (Lipinski definition) is 2. The van der Waals surface area contributed by atoms with Gasteiger partial charge in [0.15, 0.2) is 0 Å². The fourth-order valence-electron chi connectivity index (χ4n) is 2.14. The lowest BCUT2D eigenvalue weighted by molar-refractivity contribution is 0.476. The Morgan fingerprint density at radius 2 is 1.64 bits per heavy atom. The second kappa shape index (κ2) is 5.81. The van der Waals surface area contributed by atoms with E-state index in [-0.39, 0.29) is 11.3 Å². The Morgan fingerprint density at radius 3 is 2.32 bits per heavy atom. The number of rotatable bonds is 3. The van der Waals surface area contributed by atoms with Crippen LogP contribution in [-0.4, -0.2) is 16.0 Å². The van der Waals surface area contributed by atoms with Gasteiger partial charge in [0.05, 0.1) is 6.21 Å². The Labute approximate surface area is 125 Å². The Bertz CT molecular complexity index is 806. The molecular weight excluding hydrogens is 286 g/mol. The third-order valence-electron chi connectivity index (χ3n) is 3.16. The summed E-state index contributed by atoms with van der Waals surface area (Å²) in [4.78, 5) is 0. The maximum absolute atomic E-state index is 13.3. The van der Waals surface area contributed by atoms with E-state index in [1.54, 1.807) is 35.3 Å². The summed E-state index contributed by atoms with van der Waals surface area (Å²) in [7, 11) is 0. The molecular formula is C17H12F2N2O. The molecule has 0 aliphatic heterocycles. The fourth-order valence-corrected chi connectivity index (χ4v) is 2.14. The third kappa shape index (κ3) is 2.88. The SMILES string of the molecule is Oc1c(C=Nn2cccc2)cccc1-c1cc(F)cc(F)c1. The van der Waals surface area contributed by atoms with E-state index in [4.69, 9.17) is 0 Å². The highest BCUT2D eigenvalue weighted by molar-refractivity contribution is 5.88. The van der Waals surface area contributed by atoms with Crippen LogP contribution < -0.4 is 0 Å². The molecule has 0 fully saturated rings. The average molecular weight is 298 g/mol. The Balaban J connectivity index is 2.02. The first-order chi connectivity index (χ1) is 10.6. The van der Waals surface area contributed by atoms with Gasteiger partial charge in [0.2, 0.25) is 0 Å². The molecule has 0 saturated carbocycles. The second-order valence-electron chi connectivity index (χ2n) is 4.71.